The Morgan fingerprint density at radius 1 is 1.75 bits per heavy atom. The van der Waals surface area contributed by atoms with Crippen molar-refractivity contribution in [3.05, 3.63) is 10.5 Å². The van der Waals surface area contributed by atoms with E-state index >= 15 is 0 Å². The van der Waals surface area contributed by atoms with Crippen LogP contribution in [0.15, 0.2) is 10.5 Å². The van der Waals surface area contributed by atoms with Gasteiger partial charge in [0, 0.05) is 5.54 Å². The Labute approximate surface area is 38.6 Å². The molecule has 0 heterocycles. The zero-order valence-corrected chi connectivity index (χ0v) is 4.25. The van der Waals surface area contributed by atoms with E-state index in [-0.39, 0.29) is 0 Å². The van der Waals surface area contributed by atoms with E-state index in [1.165, 1.54) is 5.54 Å². The van der Waals surface area contributed by atoms with Gasteiger partial charge in [-0.05, 0) is 4.99 Å². The zero-order valence-electron chi connectivity index (χ0n) is 1.91. The monoisotopic (exact) mass is 140 g/mol. The predicted molar refractivity (Wildman–Crippen MR) is 23.9 cm³/mol. The summed E-state index contributed by atoms with van der Waals surface area (Å²) >= 11 is 7.89. The van der Waals surface area contributed by atoms with Gasteiger partial charge in [0.15, 0.2) is 0 Å². The number of hydrogen-bond donors (Lipinski definition) is 0. The molecule has 24 valence electrons. The van der Waals surface area contributed by atoms with Crippen molar-refractivity contribution < 1.29 is 0 Å². The lowest BCUT2D eigenvalue weighted by Crippen LogP contribution is -1.09. The predicted octanol–water partition coefficient (Wildman–Crippen LogP) is 2.09. The summed E-state index contributed by atoms with van der Waals surface area (Å²) in [5, 5.41) is 0. The van der Waals surface area contributed by atoms with Gasteiger partial charge >= 0.3 is 0 Å². The van der Waals surface area contributed by atoms with Crippen LogP contribution in [0.4, 0.5) is 0 Å². The first-order valence-corrected chi connectivity index (χ1v) is 2.12. The maximum absolute atomic E-state index is 4.96. The summed E-state index contributed by atoms with van der Waals surface area (Å²) in [5.41, 5.74) is 1.39. The topological polar surface area (TPSA) is 0 Å². The first-order chi connectivity index (χ1) is 1.91. The molecule has 4 heavy (non-hydrogen) atoms. The molecule has 0 saturated heterocycles. The van der Waals surface area contributed by atoms with Gasteiger partial charge in [0.05, 0.1) is 0 Å². The Bertz CT molecular complexity index is 21.2. The maximum atomic E-state index is 4.96. The van der Waals surface area contributed by atoms with Crippen LogP contribution >= 0.6 is 27.5 Å². The molecule has 0 amide bonds. The van der Waals surface area contributed by atoms with Gasteiger partial charge in [0.1, 0.15) is 0 Å². The van der Waals surface area contributed by atoms with Crippen molar-refractivity contribution in [2.45, 2.75) is 0 Å². The lowest BCUT2D eigenvalue weighted by molar-refractivity contribution is 2.57. The third-order valence-electron chi connectivity index (χ3n) is 0.0476. The highest BCUT2D eigenvalue weighted by molar-refractivity contribution is 9.11. The minimum atomic E-state index is 1.39. The minimum Gasteiger partial charge on any atom is -0.0924 e. The molecular weight excluding hydrogens is 139 g/mol. The van der Waals surface area contributed by atoms with Crippen LogP contribution < -0.4 is 0 Å². The Balaban J connectivity index is 2.55. The smallest absolute Gasteiger partial charge is 0.0112 e. The summed E-state index contributed by atoms with van der Waals surface area (Å²) in [5.74, 6) is 0. The van der Waals surface area contributed by atoms with Crippen molar-refractivity contribution >= 4 is 27.5 Å². The molecule has 0 spiro atoms. The molecule has 0 bridgehead atoms. The third-order valence-corrected chi connectivity index (χ3v) is 0.742. The van der Waals surface area contributed by atoms with Crippen molar-refractivity contribution in [1.82, 2.24) is 0 Å². The molecule has 0 unspecified atom stereocenters. The van der Waals surface area contributed by atoms with Gasteiger partial charge in [-0.15, -0.1) is 0 Å². The van der Waals surface area contributed by atoms with Crippen LogP contribution in [0.25, 0.3) is 0 Å². The molecule has 0 saturated carbocycles. The summed E-state index contributed by atoms with van der Waals surface area (Å²) in [4.78, 5) is 1.58. The Morgan fingerprint density at radius 3 is 2.00 bits per heavy atom. The summed E-state index contributed by atoms with van der Waals surface area (Å²) in [7, 11) is 0. The van der Waals surface area contributed by atoms with Crippen LogP contribution in [0.5, 0.6) is 0 Å². The van der Waals surface area contributed by atoms with Gasteiger partial charge in [-0.2, -0.15) is 0 Å². The molecule has 0 aromatic heterocycles. The van der Waals surface area contributed by atoms with Gasteiger partial charge in [0.2, 0.25) is 0 Å². The second kappa shape index (κ2) is 3.51. The molecule has 0 radical (unpaired) electrons. The molecule has 0 N–H and O–H groups in total. The van der Waals surface area contributed by atoms with Crippen LogP contribution in [0.2, 0.25) is 0 Å². The first kappa shape index (κ1) is 4.51. The van der Waals surface area contributed by atoms with Gasteiger partial charge in [-0.1, -0.05) is 27.5 Å². The highest BCUT2D eigenvalue weighted by atomic mass is 79.9. The Kier molecular flexibility index (Phi) is 3.96. The van der Waals surface area contributed by atoms with Gasteiger partial charge in [-0.3, -0.25) is 0 Å². The zero-order chi connectivity index (χ0) is 3.41. The summed E-state index contributed by atoms with van der Waals surface area (Å²) in [6, 6.07) is 0. The SMILES string of the molecule is Cl/C=C\Br. The second-order valence-corrected chi connectivity index (χ2v) is 1.03. The van der Waals surface area contributed by atoms with Crippen LogP contribution in [0.3, 0.4) is 0 Å². The third kappa shape index (κ3) is 2.51. The molecule has 0 fully saturated rings. The van der Waals surface area contributed by atoms with Crippen molar-refractivity contribution in [2.24, 2.45) is 0 Å². The van der Waals surface area contributed by atoms with E-state index in [1.54, 1.807) is 4.99 Å². The summed E-state index contributed by atoms with van der Waals surface area (Å²) < 4.78 is 0. The summed E-state index contributed by atoms with van der Waals surface area (Å²) in [6.07, 6.45) is 0. The van der Waals surface area contributed by atoms with Gasteiger partial charge in [0.25, 0.3) is 0 Å². The standard InChI is InChI=1S/C2H2BrCl/c3-1-2-4/h1-2H/b2-1-. The largest absolute Gasteiger partial charge is 0.0924 e. The van der Waals surface area contributed by atoms with E-state index in [4.69, 9.17) is 11.6 Å². The summed E-state index contributed by atoms with van der Waals surface area (Å²) in [6.45, 7) is 0. The fourth-order valence-corrected chi connectivity index (χ4v) is 0. The van der Waals surface area contributed by atoms with Gasteiger partial charge in [-0.25, -0.2) is 0 Å². The number of halogens is 2. The first-order valence-electron chi connectivity index (χ1n) is 0.770. The second-order valence-electron chi connectivity index (χ2n) is 0.252. The van der Waals surface area contributed by atoms with Crippen LogP contribution in [0, 0.1) is 0 Å². The van der Waals surface area contributed by atoms with Crippen molar-refractivity contribution in [1.29, 1.82) is 0 Å². The normalized spacial score (nSPS) is 9.50. The van der Waals surface area contributed by atoms with Crippen LogP contribution in [0.1, 0.15) is 0 Å². The van der Waals surface area contributed by atoms with Crippen molar-refractivity contribution in [2.75, 3.05) is 0 Å². The minimum absolute atomic E-state index is 1.39. The molecular formula is C2H2BrCl. The van der Waals surface area contributed by atoms with E-state index < -0.39 is 0 Å². The maximum Gasteiger partial charge on any atom is 0.0112 e. The average molecular weight is 141 g/mol. The van der Waals surface area contributed by atoms with E-state index in [1.807, 2.05) is 0 Å². The van der Waals surface area contributed by atoms with Gasteiger partial charge < -0.3 is 0 Å². The molecule has 0 nitrogen and oxygen atoms in total. The van der Waals surface area contributed by atoms with E-state index in [9.17, 15) is 0 Å². The van der Waals surface area contributed by atoms with E-state index in [0.717, 1.165) is 0 Å². The quantitative estimate of drug-likeness (QED) is 0.485. The molecule has 0 aliphatic heterocycles. The number of rotatable bonds is 0. The van der Waals surface area contributed by atoms with E-state index in [0.29, 0.717) is 0 Å². The molecule has 2 heteroatoms. The molecule has 0 aromatic rings. The fraction of sp³-hybridized carbons (Fsp3) is 0. The average Bonchev–Trinajstić information content (AvgIpc) is 1.37. The Hall–Kier alpha value is 0.510. The molecule has 0 atom stereocenters. The highest BCUT2D eigenvalue weighted by Crippen LogP contribution is 1.82. The number of hydrogen-bond acceptors (Lipinski definition) is 0. The van der Waals surface area contributed by atoms with Crippen molar-refractivity contribution in [3.8, 4) is 0 Å². The molecule has 0 aromatic carbocycles. The lowest BCUT2D eigenvalue weighted by Gasteiger charge is -1.44. The van der Waals surface area contributed by atoms with Crippen LogP contribution in [-0.2, 0) is 0 Å². The molecule has 0 rings (SSSR count). The lowest BCUT2D eigenvalue weighted by atomic mass is 11.3. The van der Waals surface area contributed by atoms with E-state index in [2.05, 4.69) is 15.9 Å². The highest BCUT2D eigenvalue weighted by Gasteiger charge is 1.39. The van der Waals surface area contributed by atoms with Crippen molar-refractivity contribution in [3.63, 3.8) is 0 Å². The fourth-order valence-electron chi connectivity index (χ4n) is 0. The van der Waals surface area contributed by atoms with Crippen LogP contribution in [-0.4, -0.2) is 0 Å². The molecule has 0 aliphatic carbocycles. The molecule has 0 aliphatic rings. The Morgan fingerprint density at radius 2 is 2.00 bits per heavy atom.